The fourth-order valence-electron chi connectivity index (χ4n) is 7.21. The van der Waals surface area contributed by atoms with E-state index in [2.05, 4.69) is 192 Å². The van der Waals surface area contributed by atoms with Crippen molar-refractivity contribution in [3.63, 3.8) is 0 Å². The van der Waals surface area contributed by atoms with Crippen LogP contribution in [0.25, 0.3) is 43.1 Å². The van der Waals surface area contributed by atoms with Crippen LogP contribution >= 0.6 is 0 Å². The molecule has 0 atom stereocenters. The lowest BCUT2D eigenvalue weighted by Crippen LogP contribution is -2.11. The Bertz CT molecular complexity index is 2200. The fourth-order valence-corrected chi connectivity index (χ4v) is 7.21. The summed E-state index contributed by atoms with van der Waals surface area (Å²) in [4.78, 5) is 4.77. The van der Waals surface area contributed by atoms with E-state index in [1.165, 1.54) is 43.1 Å². The van der Waals surface area contributed by atoms with Gasteiger partial charge in [-0.1, -0.05) is 121 Å². The van der Waals surface area contributed by atoms with E-state index in [9.17, 15) is 0 Å². The molecule has 0 amide bonds. The van der Waals surface area contributed by atoms with Gasteiger partial charge in [-0.05, 0) is 82.2 Å². The van der Waals surface area contributed by atoms with Crippen LogP contribution in [0.15, 0.2) is 182 Å². The molecule has 0 bridgehead atoms. The summed E-state index contributed by atoms with van der Waals surface area (Å²) in [5, 5.41) is 10.2. The lowest BCUT2D eigenvalue weighted by Gasteiger charge is -2.30. The van der Waals surface area contributed by atoms with Crippen molar-refractivity contribution in [2.45, 2.75) is 0 Å². The molecule has 0 aliphatic carbocycles. The van der Waals surface area contributed by atoms with E-state index in [0.29, 0.717) is 0 Å². The molecule has 0 saturated heterocycles. The molecule has 9 aromatic rings. The van der Waals surface area contributed by atoms with E-state index in [1.807, 2.05) is 0 Å². The molecular formula is C44H30N2. The van der Waals surface area contributed by atoms with Gasteiger partial charge in [0.15, 0.2) is 0 Å². The largest absolute Gasteiger partial charge is 0.310 e. The average Bonchev–Trinajstić information content (AvgIpc) is 3.14. The van der Waals surface area contributed by atoms with E-state index in [4.69, 9.17) is 0 Å². The molecule has 9 aromatic carbocycles. The lowest BCUT2D eigenvalue weighted by molar-refractivity contribution is 1.30. The average molecular weight is 587 g/mol. The van der Waals surface area contributed by atoms with Gasteiger partial charge in [0.05, 0.1) is 11.4 Å². The van der Waals surface area contributed by atoms with Crippen molar-refractivity contribution in [1.82, 2.24) is 0 Å². The van der Waals surface area contributed by atoms with Gasteiger partial charge in [0.25, 0.3) is 0 Å². The Morgan fingerprint density at radius 1 is 0.217 bits per heavy atom. The Kier molecular flexibility index (Phi) is 6.17. The molecule has 0 N–H and O–H groups in total. The molecule has 0 fully saturated rings. The summed E-state index contributed by atoms with van der Waals surface area (Å²) in [5.41, 5.74) is 6.86. The topological polar surface area (TPSA) is 6.48 Å². The Labute approximate surface area is 268 Å². The van der Waals surface area contributed by atoms with Gasteiger partial charge in [0, 0.05) is 44.3 Å². The summed E-state index contributed by atoms with van der Waals surface area (Å²) in [5.74, 6) is 0. The minimum absolute atomic E-state index is 1.13. The molecular weight excluding hydrogens is 556 g/mol. The lowest BCUT2D eigenvalue weighted by atomic mass is 9.87. The first kappa shape index (κ1) is 26.3. The summed E-state index contributed by atoms with van der Waals surface area (Å²) in [6, 6.07) is 65.5. The molecule has 216 valence electrons. The Balaban J connectivity index is 1.41. The maximum absolute atomic E-state index is 2.38. The molecule has 0 aromatic heterocycles. The van der Waals surface area contributed by atoms with Crippen LogP contribution in [0.3, 0.4) is 0 Å². The van der Waals surface area contributed by atoms with Gasteiger partial charge in [0.2, 0.25) is 0 Å². The van der Waals surface area contributed by atoms with Gasteiger partial charge in [-0.25, -0.2) is 0 Å². The number of nitrogens with zero attached hydrogens (tertiary/aromatic N) is 2. The first-order valence-electron chi connectivity index (χ1n) is 15.8. The van der Waals surface area contributed by atoms with Gasteiger partial charge < -0.3 is 9.80 Å². The second-order valence-electron chi connectivity index (χ2n) is 11.7. The Hall–Kier alpha value is -6.12. The van der Waals surface area contributed by atoms with Gasteiger partial charge in [-0.15, -0.1) is 0 Å². The van der Waals surface area contributed by atoms with E-state index < -0.39 is 0 Å². The fraction of sp³-hybridized carbons (Fsp3) is 0. The first-order valence-corrected chi connectivity index (χ1v) is 15.8. The molecule has 0 radical (unpaired) electrons. The Morgan fingerprint density at radius 2 is 0.500 bits per heavy atom. The maximum atomic E-state index is 2.38. The highest BCUT2D eigenvalue weighted by molar-refractivity contribution is 6.36. The maximum Gasteiger partial charge on any atom is 0.0540 e. The molecule has 0 aliphatic rings. The van der Waals surface area contributed by atoms with Crippen molar-refractivity contribution < 1.29 is 0 Å². The summed E-state index contributed by atoms with van der Waals surface area (Å²) in [6.07, 6.45) is 0. The summed E-state index contributed by atoms with van der Waals surface area (Å²) >= 11 is 0. The summed E-state index contributed by atoms with van der Waals surface area (Å²) in [6.45, 7) is 0. The highest BCUT2D eigenvalue weighted by atomic mass is 15.1. The molecule has 2 heteroatoms. The first-order chi connectivity index (χ1) is 22.9. The molecule has 0 unspecified atom stereocenters. The zero-order chi connectivity index (χ0) is 30.5. The van der Waals surface area contributed by atoms with E-state index in [1.54, 1.807) is 0 Å². The molecule has 46 heavy (non-hydrogen) atoms. The summed E-state index contributed by atoms with van der Waals surface area (Å²) in [7, 11) is 0. The second kappa shape index (κ2) is 10.8. The number of rotatable bonds is 6. The van der Waals surface area contributed by atoms with Gasteiger partial charge in [-0.3, -0.25) is 0 Å². The van der Waals surface area contributed by atoms with E-state index >= 15 is 0 Å². The third-order valence-electron chi connectivity index (χ3n) is 9.16. The quantitative estimate of drug-likeness (QED) is 0.141. The predicted octanol–water partition coefficient (Wildman–Crippen LogP) is 12.7. The second-order valence-corrected chi connectivity index (χ2v) is 11.7. The number of fused-ring (bicyclic) bond motifs is 3. The van der Waals surface area contributed by atoms with Crippen LogP contribution in [-0.2, 0) is 0 Å². The third-order valence-corrected chi connectivity index (χ3v) is 9.16. The van der Waals surface area contributed by atoms with Crippen molar-refractivity contribution >= 4 is 77.2 Å². The number of anilines is 6. The van der Waals surface area contributed by atoms with Crippen molar-refractivity contribution in [2.75, 3.05) is 9.80 Å². The number of hydrogen-bond acceptors (Lipinski definition) is 2. The van der Waals surface area contributed by atoms with Crippen LogP contribution in [0.4, 0.5) is 34.1 Å². The van der Waals surface area contributed by atoms with Crippen LogP contribution in [-0.4, -0.2) is 0 Å². The molecule has 0 spiro atoms. The minimum Gasteiger partial charge on any atom is -0.310 e. The molecule has 2 nitrogen and oxygen atoms in total. The smallest absolute Gasteiger partial charge is 0.0540 e. The van der Waals surface area contributed by atoms with Gasteiger partial charge in [-0.2, -0.15) is 0 Å². The van der Waals surface area contributed by atoms with Crippen LogP contribution in [0, 0.1) is 0 Å². The minimum atomic E-state index is 1.13. The van der Waals surface area contributed by atoms with Gasteiger partial charge in [0.1, 0.15) is 0 Å². The molecule has 0 saturated carbocycles. The highest BCUT2D eigenvalue weighted by Crippen LogP contribution is 2.49. The molecule has 9 rings (SSSR count). The molecule has 0 aliphatic heterocycles. The number of benzene rings is 9. The predicted molar refractivity (Wildman–Crippen MR) is 197 cm³/mol. The van der Waals surface area contributed by atoms with Crippen LogP contribution in [0.2, 0.25) is 0 Å². The Morgan fingerprint density at radius 3 is 0.826 bits per heavy atom. The van der Waals surface area contributed by atoms with Crippen LogP contribution < -0.4 is 9.80 Å². The van der Waals surface area contributed by atoms with Crippen LogP contribution in [0.1, 0.15) is 0 Å². The van der Waals surface area contributed by atoms with Crippen molar-refractivity contribution in [1.29, 1.82) is 0 Å². The zero-order valence-corrected chi connectivity index (χ0v) is 25.2. The monoisotopic (exact) mass is 586 g/mol. The zero-order valence-electron chi connectivity index (χ0n) is 25.2. The van der Waals surface area contributed by atoms with Crippen molar-refractivity contribution in [2.24, 2.45) is 0 Å². The number of para-hydroxylation sites is 4. The van der Waals surface area contributed by atoms with E-state index in [-0.39, 0.29) is 0 Å². The standard InChI is InChI=1S/C44H30N2/c1-5-15-31(16-6-1)45(32-17-7-2-8-18-32)41-29-27-37-35-23-13-14-24-36(35)38-28-30-42(40-26-25-39(41)43(37)44(38)40)46(33-19-9-3-10-20-33)34-21-11-4-12-22-34/h1-30H. The van der Waals surface area contributed by atoms with Gasteiger partial charge >= 0.3 is 0 Å². The summed E-state index contributed by atoms with van der Waals surface area (Å²) < 4.78 is 0. The SMILES string of the molecule is c1ccc(N(c2ccccc2)c2ccc3c4ccccc4c4ccc(N(c5ccccc5)c5ccccc5)c5ccc2c3c54)cc1. The van der Waals surface area contributed by atoms with E-state index in [0.717, 1.165) is 34.1 Å². The van der Waals surface area contributed by atoms with Crippen molar-refractivity contribution in [3.05, 3.63) is 182 Å². The highest BCUT2D eigenvalue weighted by Gasteiger charge is 2.23. The normalized spacial score (nSPS) is 11.5. The van der Waals surface area contributed by atoms with Crippen molar-refractivity contribution in [3.8, 4) is 0 Å². The van der Waals surface area contributed by atoms with Crippen LogP contribution in [0.5, 0.6) is 0 Å². The molecule has 0 heterocycles. The third kappa shape index (κ3) is 4.12. The number of hydrogen-bond donors (Lipinski definition) is 0.